The molecule has 0 spiro atoms. The quantitative estimate of drug-likeness (QED) is 0.762. The van der Waals surface area contributed by atoms with Gasteiger partial charge in [0, 0.05) is 13.0 Å². The maximum atomic E-state index is 11.8. The predicted molar refractivity (Wildman–Crippen MR) is 99.3 cm³/mol. The fourth-order valence-electron chi connectivity index (χ4n) is 3.67. The molecule has 1 aliphatic heterocycles. The summed E-state index contributed by atoms with van der Waals surface area (Å²) >= 11 is 0. The van der Waals surface area contributed by atoms with Crippen molar-refractivity contribution in [3.8, 4) is 6.07 Å². The van der Waals surface area contributed by atoms with Crippen LogP contribution in [0.1, 0.15) is 41.0 Å². The lowest BCUT2D eigenvalue weighted by atomic mass is 10.0. The van der Waals surface area contributed by atoms with Crippen molar-refractivity contribution in [3.05, 3.63) is 68.9 Å². The van der Waals surface area contributed by atoms with Gasteiger partial charge in [-0.25, -0.2) is 9.78 Å². The molecule has 1 atom stereocenters. The molecule has 0 saturated heterocycles. The summed E-state index contributed by atoms with van der Waals surface area (Å²) in [5, 5.41) is 24.2. The van der Waals surface area contributed by atoms with Crippen molar-refractivity contribution in [2.24, 2.45) is 0 Å². The molecule has 27 heavy (non-hydrogen) atoms. The van der Waals surface area contributed by atoms with Crippen LogP contribution in [0.25, 0.3) is 0 Å². The zero-order valence-electron chi connectivity index (χ0n) is 15.2. The van der Waals surface area contributed by atoms with Gasteiger partial charge in [-0.15, -0.1) is 5.10 Å². The van der Waals surface area contributed by atoms with Crippen molar-refractivity contribution in [1.29, 1.82) is 5.26 Å². The van der Waals surface area contributed by atoms with Gasteiger partial charge in [-0.2, -0.15) is 10.4 Å². The molecule has 4 rings (SSSR count). The van der Waals surface area contributed by atoms with Crippen LogP contribution in [0.3, 0.4) is 0 Å². The standard InChI is InChI=1S/C19H19N7O/c1-12-5-3-4-6-14(12)13(2)26-17-7-8-25(11-16(17)22-24-26)18-10-21-23-19(27)15(18)9-20/h3-6,10,13H,7-8,11H2,1-2H3,(H,23,27)/t13-/m0/s1. The van der Waals surface area contributed by atoms with Crippen LogP contribution in [-0.2, 0) is 13.0 Å². The van der Waals surface area contributed by atoms with Crippen molar-refractivity contribution in [2.45, 2.75) is 32.9 Å². The third kappa shape index (κ3) is 2.87. The van der Waals surface area contributed by atoms with Gasteiger partial charge in [0.15, 0.2) is 0 Å². The van der Waals surface area contributed by atoms with E-state index < -0.39 is 5.56 Å². The fraction of sp³-hybridized carbons (Fsp3) is 0.316. The molecule has 0 amide bonds. The zero-order valence-corrected chi connectivity index (χ0v) is 15.2. The molecule has 1 aromatic carbocycles. The monoisotopic (exact) mass is 361 g/mol. The minimum Gasteiger partial charge on any atom is -0.363 e. The second kappa shape index (κ2) is 6.68. The van der Waals surface area contributed by atoms with Gasteiger partial charge in [-0.1, -0.05) is 29.5 Å². The second-order valence-corrected chi connectivity index (χ2v) is 6.70. The van der Waals surface area contributed by atoms with Crippen molar-refractivity contribution in [3.63, 3.8) is 0 Å². The summed E-state index contributed by atoms with van der Waals surface area (Å²) in [5.41, 5.74) is 4.54. The summed E-state index contributed by atoms with van der Waals surface area (Å²) < 4.78 is 1.98. The van der Waals surface area contributed by atoms with Crippen molar-refractivity contribution in [1.82, 2.24) is 25.2 Å². The molecule has 1 aliphatic rings. The molecule has 3 heterocycles. The van der Waals surface area contributed by atoms with Gasteiger partial charge in [0.1, 0.15) is 17.3 Å². The van der Waals surface area contributed by atoms with Crippen LogP contribution in [0.4, 0.5) is 5.69 Å². The van der Waals surface area contributed by atoms with Crippen LogP contribution in [0.15, 0.2) is 35.3 Å². The maximum absolute atomic E-state index is 11.8. The Labute approximate surface area is 156 Å². The minimum absolute atomic E-state index is 0.0779. The van der Waals surface area contributed by atoms with Crippen molar-refractivity contribution < 1.29 is 0 Å². The van der Waals surface area contributed by atoms with E-state index in [2.05, 4.69) is 46.5 Å². The zero-order chi connectivity index (χ0) is 19.0. The highest BCUT2D eigenvalue weighted by molar-refractivity contribution is 5.57. The number of H-pyrrole nitrogens is 1. The van der Waals surface area contributed by atoms with Gasteiger partial charge < -0.3 is 4.90 Å². The number of nitrogens with zero attached hydrogens (tertiary/aromatic N) is 6. The lowest BCUT2D eigenvalue weighted by molar-refractivity contribution is 0.515. The van der Waals surface area contributed by atoms with Crippen LogP contribution in [-0.4, -0.2) is 31.7 Å². The predicted octanol–water partition coefficient (Wildman–Crippen LogP) is 1.71. The average molecular weight is 361 g/mol. The van der Waals surface area contributed by atoms with Crippen LogP contribution in [0.5, 0.6) is 0 Å². The number of rotatable bonds is 3. The Bertz CT molecular complexity index is 1090. The molecular weight excluding hydrogens is 342 g/mol. The number of hydrogen-bond donors (Lipinski definition) is 1. The molecule has 8 heteroatoms. The van der Waals surface area contributed by atoms with E-state index in [1.165, 1.54) is 17.3 Å². The largest absolute Gasteiger partial charge is 0.363 e. The first-order chi connectivity index (χ1) is 13.1. The number of hydrogen-bond acceptors (Lipinski definition) is 6. The van der Waals surface area contributed by atoms with Gasteiger partial charge in [-0.3, -0.25) is 4.79 Å². The number of fused-ring (bicyclic) bond motifs is 1. The summed E-state index contributed by atoms with van der Waals surface area (Å²) in [6, 6.07) is 10.3. The molecule has 8 nitrogen and oxygen atoms in total. The molecule has 0 aliphatic carbocycles. The molecular formula is C19H19N7O. The third-order valence-corrected chi connectivity index (χ3v) is 5.12. The van der Waals surface area contributed by atoms with Crippen molar-refractivity contribution in [2.75, 3.05) is 11.4 Å². The van der Waals surface area contributed by atoms with Crippen LogP contribution < -0.4 is 10.5 Å². The smallest absolute Gasteiger partial charge is 0.284 e. The number of nitrogens with one attached hydrogen (secondary N) is 1. The second-order valence-electron chi connectivity index (χ2n) is 6.70. The molecule has 0 bridgehead atoms. The number of aromatic amines is 1. The van der Waals surface area contributed by atoms with Gasteiger partial charge in [0.25, 0.3) is 5.56 Å². The number of nitriles is 1. The molecule has 0 fully saturated rings. The number of aryl methyl sites for hydroxylation is 1. The van der Waals surface area contributed by atoms with E-state index in [4.69, 9.17) is 0 Å². The summed E-state index contributed by atoms with van der Waals surface area (Å²) in [5.74, 6) is 0. The summed E-state index contributed by atoms with van der Waals surface area (Å²) in [6.45, 7) is 5.38. The first kappa shape index (κ1) is 17.0. The van der Waals surface area contributed by atoms with Crippen LogP contribution in [0.2, 0.25) is 0 Å². The highest BCUT2D eigenvalue weighted by atomic mass is 16.1. The molecule has 136 valence electrons. The van der Waals surface area contributed by atoms with E-state index in [-0.39, 0.29) is 11.6 Å². The highest BCUT2D eigenvalue weighted by Crippen LogP contribution is 2.28. The van der Waals surface area contributed by atoms with E-state index in [1.54, 1.807) is 0 Å². The summed E-state index contributed by atoms with van der Waals surface area (Å²) in [6.07, 6.45) is 2.25. The number of benzene rings is 1. The van der Waals surface area contributed by atoms with E-state index in [1.807, 2.05) is 27.8 Å². The third-order valence-electron chi connectivity index (χ3n) is 5.12. The SMILES string of the molecule is Cc1ccccc1[C@H](C)n1nnc2c1CCN(c1cn[nH]c(=O)c1C#N)C2. The lowest BCUT2D eigenvalue weighted by Gasteiger charge is -2.29. The molecule has 3 aromatic rings. The molecule has 2 aromatic heterocycles. The summed E-state index contributed by atoms with van der Waals surface area (Å²) in [4.78, 5) is 13.8. The van der Waals surface area contributed by atoms with E-state index in [9.17, 15) is 10.1 Å². The number of aromatic nitrogens is 5. The number of anilines is 1. The Morgan fingerprint density at radius 2 is 2.15 bits per heavy atom. The summed E-state index contributed by atoms with van der Waals surface area (Å²) in [7, 11) is 0. The van der Waals surface area contributed by atoms with Crippen molar-refractivity contribution >= 4 is 5.69 Å². The Morgan fingerprint density at radius 1 is 1.33 bits per heavy atom. The first-order valence-corrected chi connectivity index (χ1v) is 8.81. The van der Waals surface area contributed by atoms with Gasteiger partial charge in [-0.05, 0) is 25.0 Å². The molecule has 0 radical (unpaired) electrons. The topological polar surface area (TPSA) is 103 Å². The normalized spacial score (nSPS) is 14.5. The van der Waals surface area contributed by atoms with Crippen LogP contribution >= 0.6 is 0 Å². The van der Waals surface area contributed by atoms with E-state index in [0.717, 1.165) is 17.8 Å². The molecule has 0 unspecified atom stereocenters. The Balaban J connectivity index is 1.66. The average Bonchev–Trinajstić information content (AvgIpc) is 3.11. The Kier molecular flexibility index (Phi) is 4.20. The van der Waals surface area contributed by atoms with E-state index >= 15 is 0 Å². The van der Waals surface area contributed by atoms with Gasteiger partial charge in [0.05, 0.1) is 30.2 Å². The van der Waals surface area contributed by atoms with E-state index in [0.29, 0.717) is 18.8 Å². The highest BCUT2D eigenvalue weighted by Gasteiger charge is 2.27. The first-order valence-electron chi connectivity index (χ1n) is 8.81. The Morgan fingerprint density at radius 3 is 2.93 bits per heavy atom. The Hall–Kier alpha value is -3.47. The maximum Gasteiger partial charge on any atom is 0.284 e. The minimum atomic E-state index is -0.474. The van der Waals surface area contributed by atoms with Gasteiger partial charge in [0.2, 0.25) is 0 Å². The lowest BCUT2D eigenvalue weighted by Crippen LogP contribution is -2.33. The molecule has 0 saturated carbocycles. The van der Waals surface area contributed by atoms with Crippen LogP contribution in [0, 0.1) is 18.3 Å². The van der Waals surface area contributed by atoms with Gasteiger partial charge >= 0.3 is 0 Å². The fourth-order valence-corrected chi connectivity index (χ4v) is 3.67. The molecule has 1 N–H and O–H groups in total.